The van der Waals surface area contributed by atoms with E-state index < -0.39 is 43.1 Å². The maximum Gasteiger partial charge on any atom is 0.394 e. The lowest BCUT2D eigenvalue weighted by atomic mass is 9.96. The molecule has 27 heavy (non-hydrogen) atoms. The summed E-state index contributed by atoms with van der Waals surface area (Å²) in [7, 11) is 0. The number of nitrogens with zero attached hydrogens (tertiary/aromatic N) is 3. The normalized spacial score (nSPS) is 19.9. The van der Waals surface area contributed by atoms with E-state index in [0.29, 0.717) is 0 Å². The molecule has 144 valence electrons. The first-order chi connectivity index (χ1) is 12.7. The average molecular weight is 382 g/mol. The molecule has 1 aliphatic rings. The van der Waals surface area contributed by atoms with E-state index in [2.05, 4.69) is 10.4 Å². The van der Waals surface area contributed by atoms with Crippen LogP contribution >= 0.6 is 0 Å². The van der Waals surface area contributed by atoms with Crippen molar-refractivity contribution in [2.45, 2.75) is 13.1 Å². The fourth-order valence-electron chi connectivity index (χ4n) is 3.11. The van der Waals surface area contributed by atoms with Crippen molar-refractivity contribution in [1.29, 1.82) is 0 Å². The van der Waals surface area contributed by atoms with Gasteiger partial charge in [0.05, 0.1) is 17.5 Å². The standard InChI is InChI=1S/C17H17F3N4O3/c1-10-7-14(22-24(10)11-5-3-2-4-6-11)21-16(27)23-8-12(15(25)26)13(9-23)17(18,19)20/h2-7,12-13H,8-9H2,1H3,(H,25,26)(H,21,22,27)/t12-,13-/m1/s1. The Kier molecular flexibility index (Phi) is 4.81. The van der Waals surface area contributed by atoms with E-state index in [1.54, 1.807) is 17.7 Å². The summed E-state index contributed by atoms with van der Waals surface area (Å²) in [6.07, 6.45) is -4.69. The average Bonchev–Trinajstić information content (AvgIpc) is 3.19. The van der Waals surface area contributed by atoms with Crippen LogP contribution in [0.2, 0.25) is 0 Å². The van der Waals surface area contributed by atoms with Crippen LogP contribution in [0.4, 0.5) is 23.8 Å². The van der Waals surface area contributed by atoms with Gasteiger partial charge in [-0.3, -0.25) is 10.1 Å². The highest BCUT2D eigenvalue weighted by molar-refractivity contribution is 5.89. The molecule has 10 heteroatoms. The van der Waals surface area contributed by atoms with Crippen LogP contribution in [0.5, 0.6) is 0 Å². The number of nitrogens with one attached hydrogen (secondary N) is 1. The number of aryl methyl sites for hydroxylation is 1. The molecule has 3 rings (SSSR count). The minimum Gasteiger partial charge on any atom is -0.481 e. The number of aromatic nitrogens is 2. The number of hydrogen-bond donors (Lipinski definition) is 2. The molecule has 0 spiro atoms. The predicted molar refractivity (Wildman–Crippen MR) is 89.6 cm³/mol. The molecule has 0 saturated carbocycles. The van der Waals surface area contributed by atoms with E-state index in [0.717, 1.165) is 16.3 Å². The first-order valence-corrected chi connectivity index (χ1v) is 8.14. The van der Waals surface area contributed by atoms with Gasteiger partial charge in [-0.2, -0.15) is 13.2 Å². The number of carboxylic acids is 1. The molecule has 0 bridgehead atoms. The zero-order chi connectivity index (χ0) is 19.8. The fraction of sp³-hybridized carbons (Fsp3) is 0.353. The van der Waals surface area contributed by atoms with Crippen LogP contribution in [0.1, 0.15) is 5.69 Å². The third-order valence-electron chi connectivity index (χ3n) is 4.47. The number of hydrogen-bond acceptors (Lipinski definition) is 3. The summed E-state index contributed by atoms with van der Waals surface area (Å²) in [6.45, 7) is 0.556. The molecule has 1 aromatic carbocycles. The number of rotatable bonds is 3. The van der Waals surface area contributed by atoms with Gasteiger partial charge in [-0.25, -0.2) is 9.48 Å². The van der Waals surface area contributed by atoms with Crippen LogP contribution in [0, 0.1) is 18.8 Å². The molecule has 0 aliphatic carbocycles. The Morgan fingerprint density at radius 2 is 1.89 bits per heavy atom. The molecule has 2 aromatic rings. The van der Waals surface area contributed by atoms with Crippen LogP contribution in [0.15, 0.2) is 36.4 Å². The Morgan fingerprint density at radius 3 is 2.44 bits per heavy atom. The molecule has 7 nitrogen and oxygen atoms in total. The second kappa shape index (κ2) is 6.93. The first kappa shape index (κ1) is 18.7. The molecule has 2 atom stereocenters. The van der Waals surface area contributed by atoms with E-state index in [4.69, 9.17) is 5.11 Å². The van der Waals surface area contributed by atoms with Crippen molar-refractivity contribution in [3.63, 3.8) is 0 Å². The summed E-state index contributed by atoms with van der Waals surface area (Å²) in [6, 6.07) is 9.88. The van der Waals surface area contributed by atoms with Gasteiger partial charge in [-0.05, 0) is 19.1 Å². The van der Waals surface area contributed by atoms with Gasteiger partial charge in [0, 0.05) is 24.8 Å². The number of halogens is 3. The van der Waals surface area contributed by atoms with E-state index in [1.807, 2.05) is 30.3 Å². The number of carboxylic acid groups (broad SMARTS) is 1. The van der Waals surface area contributed by atoms with Crippen molar-refractivity contribution < 1.29 is 27.9 Å². The SMILES string of the molecule is Cc1cc(NC(=O)N2C[C@@H](C(F)(F)F)[C@H](C(=O)O)C2)nn1-c1ccccc1. The number of likely N-dealkylation sites (tertiary alicyclic amines) is 1. The molecule has 0 radical (unpaired) electrons. The van der Waals surface area contributed by atoms with Crippen LogP contribution in [-0.4, -0.2) is 51.1 Å². The molecule has 0 unspecified atom stereocenters. The largest absolute Gasteiger partial charge is 0.481 e. The summed E-state index contributed by atoms with van der Waals surface area (Å²) < 4.78 is 40.7. The summed E-state index contributed by atoms with van der Waals surface area (Å²) in [5, 5.41) is 15.7. The van der Waals surface area contributed by atoms with Gasteiger partial charge in [-0.1, -0.05) is 18.2 Å². The third-order valence-corrected chi connectivity index (χ3v) is 4.47. The van der Waals surface area contributed by atoms with Gasteiger partial charge < -0.3 is 10.0 Å². The summed E-state index contributed by atoms with van der Waals surface area (Å²) in [5.74, 6) is -5.18. The number of carbonyl (C=O) groups is 2. The van der Waals surface area contributed by atoms with Gasteiger partial charge in [0.2, 0.25) is 0 Å². The summed E-state index contributed by atoms with van der Waals surface area (Å²) in [4.78, 5) is 24.3. The molecule has 1 aliphatic heterocycles. The first-order valence-electron chi connectivity index (χ1n) is 8.14. The third kappa shape index (κ3) is 3.88. The molecular formula is C17H17F3N4O3. The van der Waals surface area contributed by atoms with Crippen LogP contribution < -0.4 is 5.32 Å². The number of benzene rings is 1. The van der Waals surface area contributed by atoms with Crippen molar-refractivity contribution in [2.75, 3.05) is 18.4 Å². The van der Waals surface area contributed by atoms with Crippen LogP contribution in [0.25, 0.3) is 5.69 Å². The van der Waals surface area contributed by atoms with Gasteiger partial charge in [0.25, 0.3) is 0 Å². The van der Waals surface area contributed by atoms with Crippen molar-refractivity contribution >= 4 is 17.8 Å². The number of carbonyl (C=O) groups excluding carboxylic acids is 1. The Bertz CT molecular complexity index is 851. The Labute approximate surface area is 152 Å². The Hall–Kier alpha value is -3.04. The van der Waals surface area contributed by atoms with E-state index >= 15 is 0 Å². The summed E-state index contributed by atoms with van der Waals surface area (Å²) >= 11 is 0. The van der Waals surface area contributed by atoms with E-state index in [9.17, 15) is 22.8 Å². The second-order valence-corrected chi connectivity index (χ2v) is 6.35. The van der Waals surface area contributed by atoms with Gasteiger partial charge in [0.15, 0.2) is 5.82 Å². The minimum absolute atomic E-state index is 0.170. The Balaban J connectivity index is 1.74. The van der Waals surface area contributed by atoms with Crippen LogP contribution in [-0.2, 0) is 4.79 Å². The number of urea groups is 1. The lowest BCUT2D eigenvalue weighted by Gasteiger charge is -2.18. The smallest absolute Gasteiger partial charge is 0.394 e. The number of alkyl halides is 3. The van der Waals surface area contributed by atoms with E-state index in [1.165, 1.54) is 0 Å². The molecule has 1 saturated heterocycles. The molecule has 2 heterocycles. The van der Waals surface area contributed by atoms with E-state index in [-0.39, 0.29) is 5.82 Å². The summed E-state index contributed by atoms with van der Waals surface area (Å²) in [5.41, 5.74) is 1.48. The maximum absolute atomic E-state index is 13.0. The number of aliphatic carboxylic acids is 1. The monoisotopic (exact) mass is 382 g/mol. The number of para-hydroxylation sites is 1. The Morgan fingerprint density at radius 1 is 1.22 bits per heavy atom. The highest BCUT2D eigenvalue weighted by Gasteiger charge is 2.53. The zero-order valence-electron chi connectivity index (χ0n) is 14.3. The number of amides is 2. The zero-order valence-corrected chi connectivity index (χ0v) is 14.3. The topological polar surface area (TPSA) is 87.5 Å². The van der Waals surface area contributed by atoms with Crippen molar-refractivity contribution in [3.05, 3.63) is 42.1 Å². The van der Waals surface area contributed by atoms with Crippen molar-refractivity contribution in [3.8, 4) is 5.69 Å². The molecule has 1 fully saturated rings. The van der Waals surface area contributed by atoms with Crippen molar-refractivity contribution in [2.24, 2.45) is 11.8 Å². The second-order valence-electron chi connectivity index (χ2n) is 6.35. The molecule has 1 aromatic heterocycles. The highest BCUT2D eigenvalue weighted by atomic mass is 19.4. The van der Waals surface area contributed by atoms with Gasteiger partial charge in [-0.15, -0.1) is 5.10 Å². The molecule has 2 N–H and O–H groups in total. The lowest BCUT2D eigenvalue weighted by molar-refractivity contribution is -0.187. The van der Waals surface area contributed by atoms with Gasteiger partial charge in [0.1, 0.15) is 0 Å². The van der Waals surface area contributed by atoms with Crippen LogP contribution in [0.3, 0.4) is 0 Å². The quantitative estimate of drug-likeness (QED) is 0.855. The highest BCUT2D eigenvalue weighted by Crippen LogP contribution is 2.37. The predicted octanol–water partition coefficient (Wildman–Crippen LogP) is 2.91. The van der Waals surface area contributed by atoms with Crippen molar-refractivity contribution in [1.82, 2.24) is 14.7 Å². The maximum atomic E-state index is 13.0. The molecule has 2 amide bonds. The van der Waals surface area contributed by atoms with Gasteiger partial charge >= 0.3 is 18.2 Å². The lowest BCUT2D eigenvalue weighted by Crippen LogP contribution is -2.35. The fourth-order valence-corrected chi connectivity index (χ4v) is 3.11. The minimum atomic E-state index is -4.69. The molecular weight excluding hydrogens is 365 g/mol. The number of anilines is 1.